The quantitative estimate of drug-likeness (QED) is 0.760. The van der Waals surface area contributed by atoms with Crippen LogP contribution in [0.2, 0.25) is 0 Å². The first-order valence-electron chi connectivity index (χ1n) is 6.93. The first-order valence-corrected chi connectivity index (χ1v) is 6.93. The fourth-order valence-electron chi connectivity index (χ4n) is 2.25. The number of rotatable bonds is 7. The zero-order valence-electron chi connectivity index (χ0n) is 12.2. The fraction of sp³-hybridized carbons (Fsp3) is 0.533. The molecule has 1 saturated heterocycles. The number of likely N-dealkylation sites (N-methyl/N-ethyl adjacent to an activating group) is 1. The Morgan fingerprint density at radius 1 is 1.35 bits per heavy atom. The molecule has 0 aliphatic carbocycles. The average Bonchev–Trinajstić information content (AvgIpc) is 2.88. The molecule has 1 amide bonds. The summed E-state index contributed by atoms with van der Waals surface area (Å²) in [6.45, 7) is 3.73. The van der Waals surface area contributed by atoms with Gasteiger partial charge in [0.2, 0.25) is 0 Å². The molecule has 1 aliphatic rings. The van der Waals surface area contributed by atoms with Gasteiger partial charge in [-0.25, -0.2) is 4.79 Å². The summed E-state index contributed by atoms with van der Waals surface area (Å²) >= 11 is 0. The first-order chi connectivity index (χ1) is 9.70. The maximum atomic E-state index is 11.3. The van der Waals surface area contributed by atoms with Gasteiger partial charge in [0.25, 0.3) is 0 Å². The lowest BCUT2D eigenvalue weighted by molar-refractivity contribution is 0.155. The average molecular weight is 278 g/mol. The Bertz CT molecular complexity index is 450. The summed E-state index contributed by atoms with van der Waals surface area (Å²) < 4.78 is 10.3. The van der Waals surface area contributed by atoms with Gasteiger partial charge in [-0.2, -0.15) is 0 Å². The molecular weight excluding hydrogens is 256 g/mol. The number of para-hydroxylation sites is 1. The van der Waals surface area contributed by atoms with E-state index in [4.69, 9.17) is 9.47 Å². The standard InChI is InChI=1S/C15H22N2O3/c1-16(9-10-17-11-12-20-15(17)18)8-7-13-5-3-4-6-14(13)19-2/h3-6H,7-12H2,1-2H3. The molecule has 20 heavy (non-hydrogen) atoms. The van der Waals surface area contributed by atoms with Crippen molar-refractivity contribution in [3.63, 3.8) is 0 Å². The van der Waals surface area contributed by atoms with E-state index in [2.05, 4.69) is 18.0 Å². The highest BCUT2D eigenvalue weighted by Crippen LogP contribution is 2.17. The van der Waals surface area contributed by atoms with Gasteiger partial charge in [-0.1, -0.05) is 18.2 Å². The molecule has 0 radical (unpaired) electrons. The summed E-state index contributed by atoms with van der Waals surface area (Å²) in [5, 5.41) is 0. The second kappa shape index (κ2) is 7.14. The largest absolute Gasteiger partial charge is 0.496 e. The molecule has 1 heterocycles. The lowest BCUT2D eigenvalue weighted by atomic mass is 10.1. The number of nitrogens with zero attached hydrogens (tertiary/aromatic N) is 2. The van der Waals surface area contributed by atoms with Crippen molar-refractivity contribution >= 4 is 6.09 Å². The zero-order chi connectivity index (χ0) is 14.4. The van der Waals surface area contributed by atoms with E-state index < -0.39 is 0 Å². The smallest absolute Gasteiger partial charge is 0.409 e. The van der Waals surface area contributed by atoms with Gasteiger partial charge >= 0.3 is 6.09 Å². The van der Waals surface area contributed by atoms with Crippen LogP contribution >= 0.6 is 0 Å². The Kier molecular flexibility index (Phi) is 5.24. The minimum atomic E-state index is -0.192. The maximum Gasteiger partial charge on any atom is 0.409 e. The van der Waals surface area contributed by atoms with Gasteiger partial charge in [0.1, 0.15) is 12.4 Å². The number of methoxy groups -OCH3 is 1. The first kappa shape index (κ1) is 14.7. The van der Waals surface area contributed by atoms with E-state index in [1.807, 2.05) is 18.2 Å². The number of benzene rings is 1. The zero-order valence-corrected chi connectivity index (χ0v) is 12.2. The van der Waals surface area contributed by atoms with Crippen LogP contribution < -0.4 is 4.74 Å². The van der Waals surface area contributed by atoms with Crippen molar-refractivity contribution in [1.29, 1.82) is 0 Å². The fourth-order valence-corrected chi connectivity index (χ4v) is 2.25. The van der Waals surface area contributed by atoms with Crippen molar-refractivity contribution in [1.82, 2.24) is 9.80 Å². The van der Waals surface area contributed by atoms with Crippen molar-refractivity contribution < 1.29 is 14.3 Å². The van der Waals surface area contributed by atoms with Crippen molar-refractivity contribution in [3.05, 3.63) is 29.8 Å². The van der Waals surface area contributed by atoms with Gasteiger partial charge in [0, 0.05) is 19.6 Å². The minimum absolute atomic E-state index is 0.192. The molecule has 0 bridgehead atoms. The van der Waals surface area contributed by atoms with E-state index in [1.54, 1.807) is 12.0 Å². The third-order valence-corrected chi connectivity index (χ3v) is 3.55. The second-order valence-corrected chi connectivity index (χ2v) is 4.97. The van der Waals surface area contributed by atoms with E-state index in [-0.39, 0.29) is 6.09 Å². The summed E-state index contributed by atoms with van der Waals surface area (Å²) in [6, 6.07) is 8.07. The maximum absolute atomic E-state index is 11.3. The van der Waals surface area contributed by atoms with Crippen LogP contribution in [0.5, 0.6) is 5.75 Å². The van der Waals surface area contributed by atoms with Crippen LogP contribution in [0.3, 0.4) is 0 Å². The van der Waals surface area contributed by atoms with E-state index in [0.29, 0.717) is 13.2 Å². The van der Waals surface area contributed by atoms with Crippen molar-refractivity contribution in [2.75, 3.05) is 46.9 Å². The molecule has 0 atom stereocenters. The molecule has 110 valence electrons. The summed E-state index contributed by atoms with van der Waals surface area (Å²) in [5.41, 5.74) is 1.21. The van der Waals surface area contributed by atoms with Gasteiger partial charge in [-0.05, 0) is 25.1 Å². The third-order valence-electron chi connectivity index (χ3n) is 3.55. The number of cyclic esters (lactones) is 1. The van der Waals surface area contributed by atoms with Crippen molar-refractivity contribution in [3.8, 4) is 5.75 Å². The predicted molar refractivity (Wildman–Crippen MR) is 77.1 cm³/mol. The van der Waals surface area contributed by atoms with Gasteiger partial charge in [-0.15, -0.1) is 0 Å². The molecule has 0 aromatic heterocycles. The number of hydrogen-bond donors (Lipinski definition) is 0. The molecular formula is C15H22N2O3. The Hall–Kier alpha value is -1.75. The molecule has 0 saturated carbocycles. The highest BCUT2D eigenvalue weighted by molar-refractivity contribution is 5.69. The van der Waals surface area contributed by atoms with E-state index >= 15 is 0 Å². The van der Waals surface area contributed by atoms with Crippen molar-refractivity contribution in [2.24, 2.45) is 0 Å². The second-order valence-electron chi connectivity index (χ2n) is 4.97. The monoisotopic (exact) mass is 278 g/mol. The number of carbonyl (C=O) groups excluding carboxylic acids is 1. The highest BCUT2D eigenvalue weighted by atomic mass is 16.6. The van der Waals surface area contributed by atoms with Gasteiger partial charge in [0.15, 0.2) is 0 Å². The Morgan fingerprint density at radius 3 is 2.85 bits per heavy atom. The normalized spacial score (nSPS) is 14.8. The number of amides is 1. The predicted octanol–water partition coefficient (Wildman–Crippen LogP) is 1.62. The summed E-state index contributed by atoms with van der Waals surface area (Å²) in [5.74, 6) is 0.934. The van der Waals surface area contributed by atoms with E-state index in [1.165, 1.54) is 5.56 Å². The summed E-state index contributed by atoms with van der Waals surface area (Å²) in [6.07, 6.45) is 0.744. The Labute approximate surface area is 120 Å². The van der Waals surface area contributed by atoms with Crippen LogP contribution in [0.4, 0.5) is 4.79 Å². The van der Waals surface area contributed by atoms with Gasteiger partial charge in [0.05, 0.1) is 13.7 Å². The van der Waals surface area contributed by atoms with Crippen LogP contribution in [0.25, 0.3) is 0 Å². The lowest BCUT2D eigenvalue weighted by Crippen LogP contribution is -2.34. The molecule has 0 N–H and O–H groups in total. The van der Waals surface area contributed by atoms with Crippen molar-refractivity contribution in [2.45, 2.75) is 6.42 Å². The summed E-state index contributed by atoms with van der Waals surface area (Å²) in [4.78, 5) is 15.3. The van der Waals surface area contributed by atoms with Crippen LogP contribution in [0.15, 0.2) is 24.3 Å². The number of ether oxygens (including phenoxy) is 2. The SMILES string of the molecule is COc1ccccc1CCN(C)CCN1CCOC1=O. The number of carbonyl (C=O) groups is 1. The van der Waals surface area contributed by atoms with Crippen LogP contribution in [-0.4, -0.2) is 62.8 Å². The van der Waals surface area contributed by atoms with E-state index in [0.717, 1.165) is 31.8 Å². The lowest BCUT2D eigenvalue weighted by Gasteiger charge is -2.20. The summed E-state index contributed by atoms with van der Waals surface area (Å²) in [7, 11) is 3.76. The molecule has 1 fully saturated rings. The minimum Gasteiger partial charge on any atom is -0.496 e. The molecule has 1 aromatic rings. The van der Waals surface area contributed by atoms with E-state index in [9.17, 15) is 4.79 Å². The molecule has 2 rings (SSSR count). The highest BCUT2D eigenvalue weighted by Gasteiger charge is 2.21. The molecule has 0 spiro atoms. The van der Waals surface area contributed by atoms with Crippen LogP contribution in [0, 0.1) is 0 Å². The third kappa shape index (κ3) is 3.87. The molecule has 1 aliphatic heterocycles. The van der Waals surface area contributed by atoms with Gasteiger partial charge < -0.3 is 19.3 Å². The molecule has 5 heteroatoms. The Balaban J connectivity index is 1.74. The Morgan fingerprint density at radius 2 is 2.15 bits per heavy atom. The molecule has 0 unspecified atom stereocenters. The molecule has 5 nitrogen and oxygen atoms in total. The van der Waals surface area contributed by atoms with Crippen LogP contribution in [-0.2, 0) is 11.2 Å². The topological polar surface area (TPSA) is 42.0 Å². The van der Waals surface area contributed by atoms with Gasteiger partial charge in [-0.3, -0.25) is 0 Å². The molecule has 1 aromatic carbocycles. The number of hydrogen-bond acceptors (Lipinski definition) is 4. The van der Waals surface area contributed by atoms with Crippen LogP contribution in [0.1, 0.15) is 5.56 Å².